The standard InChI is InChI=1S/C16H24ClN3S/c1-2-4-15(16(18)21)20-9-7-19(8-10-20)12-13-5-3-6-14(17)11-13/h3,5-6,11,15H,2,4,7-10,12H2,1H3,(H2,18,21). The van der Waals surface area contributed by atoms with Crippen LogP contribution < -0.4 is 5.73 Å². The van der Waals surface area contributed by atoms with E-state index in [1.807, 2.05) is 18.2 Å². The van der Waals surface area contributed by atoms with Gasteiger partial charge in [-0.05, 0) is 24.1 Å². The highest BCUT2D eigenvalue weighted by Gasteiger charge is 2.24. The van der Waals surface area contributed by atoms with Crippen LogP contribution in [0.3, 0.4) is 0 Å². The Morgan fingerprint density at radius 2 is 2.05 bits per heavy atom. The number of hydrogen-bond donors (Lipinski definition) is 1. The van der Waals surface area contributed by atoms with Crippen LogP contribution in [0.15, 0.2) is 24.3 Å². The molecule has 2 N–H and O–H groups in total. The van der Waals surface area contributed by atoms with Crippen LogP contribution in [0.5, 0.6) is 0 Å². The van der Waals surface area contributed by atoms with E-state index in [-0.39, 0.29) is 6.04 Å². The lowest BCUT2D eigenvalue weighted by molar-refractivity contribution is 0.110. The second-order valence-corrected chi connectivity index (χ2v) is 6.56. The van der Waals surface area contributed by atoms with Crippen LogP contribution in [0.4, 0.5) is 0 Å². The van der Waals surface area contributed by atoms with Crippen molar-refractivity contribution < 1.29 is 0 Å². The highest BCUT2D eigenvalue weighted by molar-refractivity contribution is 7.80. The molecule has 0 spiro atoms. The largest absolute Gasteiger partial charge is 0.392 e. The SMILES string of the molecule is CCCC(C(N)=S)N1CCN(Cc2cccc(Cl)c2)CC1. The Kier molecular flexibility index (Phi) is 6.42. The van der Waals surface area contributed by atoms with Gasteiger partial charge in [-0.3, -0.25) is 9.80 Å². The van der Waals surface area contributed by atoms with Crippen LogP contribution in [0.25, 0.3) is 0 Å². The summed E-state index contributed by atoms with van der Waals surface area (Å²) in [5.41, 5.74) is 7.16. The van der Waals surface area contributed by atoms with Gasteiger partial charge in [0.1, 0.15) is 0 Å². The summed E-state index contributed by atoms with van der Waals surface area (Å²) in [5, 5.41) is 0.808. The molecule has 1 fully saturated rings. The summed E-state index contributed by atoms with van der Waals surface area (Å²) in [4.78, 5) is 5.53. The molecule has 1 unspecified atom stereocenters. The summed E-state index contributed by atoms with van der Waals surface area (Å²) in [6, 6.07) is 8.37. The highest BCUT2D eigenvalue weighted by Crippen LogP contribution is 2.16. The van der Waals surface area contributed by atoms with Gasteiger partial charge in [0.25, 0.3) is 0 Å². The molecule has 1 aliphatic rings. The van der Waals surface area contributed by atoms with E-state index in [0.29, 0.717) is 4.99 Å². The van der Waals surface area contributed by atoms with Gasteiger partial charge < -0.3 is 5.73 Å². The number of thiocarbonyl (C=S) groups is 1. The van der Waals surface area contributed by atoms with E-state index in [1.54, 1.807) is 0 Å². The summed E-state index contributed by atoms with van der Waals surface area (Å²) in [6.07, 6.45) is 2.17. The van der Waals surface area contributed by atoms with Gasteiger partial charge in [0.15, 0.2) is 0 Å². The fourth-order valence-electron chi connectivity index (χ4n) is 2.90. The van der Waals surface area contributed by atoms with Crippen LogP contribution in [-0.4, -0.2) is 47.0 Å². The number of rotatable bonds is 6. The molecular formula is C16H24ClN3S. The average molecular weight is 326 g/mol. The van der Waals surface area contributed by atoms with Crippen molar-refractivity contribution in [1.82, 2.24) is 9.80 Å². The van der Waals surface area contributed by atoms with Crippen LogP contribution >= 0.6 is 23.8 Å². The Morgan fingerprint density at radius 1 is 1.33 bits per heavy atom. The number of nitrogens with zero attached hydrogens (tertiary/aromatic N) is 2. The van der Waals surface area contributed by atoms with Gasteiger partial charge in [-0.2, -0.15) is 0 Å². The van der Waals surface area contributed by atoms with Gasteiger partial charge in [-0.1, -0.05) is 49.3 Å². The number of nitrogens with two attached hydrogens (primary N) is 1. The number of halogens is 1. The molecule has 0 amide bonds. The summed E-state index contributed by atoms with van der Waals surface area (Å²) in [6.45, 7) is 7.30. The monoisotopic (exact) mass is 325 g/mol. The van der Waals surface area contributed by atoms with Gasteiger partial charge in [-0.15, -0.1) is 0 Å². The van der Waals surface area contributed by atoms with Crippen molar-refractivity contribution in [2.75, 3.05) is 26.2 Å². The molecule has 0 radical (unpaired) electrons. The molecule has 0 aromatic heterocycles. The van der Waals surface area contributed by atoms with Crippen LogP contribution in [0, 0.1) is 0 Å². The Balaban J connectivity index is 1.86. The number of hydrogen-bond acceptors (Lipinski definition) is 3. The lowest BCUT2D eigenvalue weighted by Crippen LogP contribution is -2.53. The summed E-state index contributed by atoms with van der Waals surface area (Å²) in [5.74, 6) is 0. The first-order valence-electron chi connectivity index (χ1n) is 7.60. The minimum Gasteiger partial charge on any atom is -0.392 e. The van der Waals surface area contributed by atoms with Gasteiger partial charge in [0.05, 0.1) is 11.0 Å². The Morgan fingerprint density at radius 3 is 2.62 bits per heavy atom. The zero-order chi connectivity index (χ0) is 15.2. The first kappa shape index (κ1) is 16.7. The highest BCUT2D eigenvalue weighted by atomic mass is 35.5. The summed E-state index contributed by atoms with van der Waals surface area (Å²) >= 11 is 11.3. The molecule has 116 valence electrons. The average Bonchev–Trinajstić information content (AvgIpc) is 2.45. The molecule has 1 heterocycles. The molecule has 0 bridgehead atoms. The van der Waals surface area contributed by atoms with E-state index in [1.165, 1.54) is 5.56 Å². The summed E-state index contributed by atoms with van der Waals surface area (Å²) < 4.78 is 0. The van der Waals surface area contributed by atoms with Gasteiger partial charge in [0, 0.05) is 37.7 Å². The predicted molar refractivity (Wildman–Crippen MR) is 93.8 cm³/mol. The third-order valence-corrected chi connectivity index (χ3v) is 4.54. The van der Waals surface area contributed by atoms with Crippen LogP contribution in [-0.2, 0) is 6.54 Å². The first-order valence-corrected chi connectivity index (χ1v) is 8.39. The lowest BCUT2D eigenvalue weighted by atomic mass is 10.1. The van der Waals surface area contributed by atoms with Crippen molar-refractivity contribution in [3.8, 4) is 0 Å². The molecule has 1 saturated heterocycles. The Labute approximate surface area is 138 Å². The maximum Gasteiger partial charge on any atom is 0.0902 e. The van der Waals surface area contributed by atoms with Gasteiger partial charge in [-0.25, -0.2) is 0 Å². The van der Waals surface area contributed by atoms with E-state index in [2.05, 4.69) is 22.8 Å². The van der Waals surface area contributed by atoms with E-state index in [9.17, 15) is 0 Å². The molecule has 21 heavy (non-hydrogen) atoms. The molecule has 2 rings (SSSR count). The fourth-order valence-corrected chi connectivity index (χ4v) is 3.38. The third kappa shape index (κ3) is 4.92. The minimum atomic E-state index is 0.262. The maximum absolute atomic E-state index is 6.04. The maximum atomic E-state index is 6.04. The third-order valence-electron chi connectivity index (χ3n) is 4.03. The zero-order valence-corrected chi connectivity index (χ0v) is 14.2. The van der Waals surface area contributed by atoms with Crippen molar-refractivity contribution in [2.24, 2.45) is 5.73 Å². The molecule has 1 aromatic rings. The smallest absolute Gasteiger partial charge is 0.0902 e. The van der Waals surface area contributed by atoms with Gasteiger partial charge in [0.2, 0.25) is 0 Å². The van der Waals surface area contributed by atoms with Crippen molar-refractivity contribution in [3.63, 3.8) is 0 Å². The second kappa shape index (κ2) is 8.08. The molecule has 1 aromatic carbocycles. The van der Waals surface area contributed by atoms with E-state index >= 15 is 0 Å². The van der Waals surface area contributed by atoms with Crippen molar-refractivity contribution in [2.45, 2.75) is 32.4 Å². The lowest BCUT2D eigenvalue weighted by Gasteiger charge is -2.39. The molecule has 0 aliphatic carbocycles. The molecule has 0 saturated carbocycles. The minimum absolute atomic E-state index is 0.262. The quantitative estimate of drug-likeness (QED) is 0.815. The topological polar surface area (TPSA) is 32.5 Å². The molecule has 5 heteroatoms. The van der Waals surface area contributed by atoms with Crippen molar-refractivity contribution in [1.29, 1.82) is 0 Å². The number of piperazine rings is 1. The molecule has 1 aliphatic heterocycles. The zero-order valence-electron chi connectivity index (χ0n) is 12.6. The molecule has 1 atom stereocenters. The Hall–Kier alpha value is -0.680. The van der Waals surface area contributed by atoms with Crippen molar-refractivity contribution >= 4 is 28.8 Å². The molecular weight excluding hydrogens is 302 g/mol. The van der Waals surface area contributed by atoms with Crippen LogP contribution in [0.2, 0.25) is 5.02 Å². The predicted octanol–water partition coefficient (Wildman–Crippen LogP) is 2.91. The first-order chi connectivity index (χ1) is 10.1. The van der Waals surface area contributed by atoms with Crippen molar-refractivity contribution in [3.05, 3.63) is 34.9 Å². The van der Waals surface area contributed by atoms with Crippen LogP contribution in [0.1, 0.15) is 25.3 Å². The van der Waals surface area contributed by atoms with E-state index in [0.717, 1.165) is 50.6 Å². The normalized spacial score (nSPS) is 18.6. The van der Waals surface area contributed by atoms with E-state index in [4.69, 9.17) is 29.6 Å². The van der Waals surface area contributed by atoms with E-state index < -0.39 is 0 Å². The molecule has 3 nitrogen and oxygen atoms in total. The second-order valence-electron chi connectivity index (χ2n) is 5.65. The Bertz CT molecular complexity index is 472. The summed E-state index contributed by atoms with van der Waals surface area (Å²) in [7, 11) is 0. The van der Waals surface area contributed by atoms with Gasteiger partial charge >= 0.3 is 0 Å². The number of benzene rings is 1. The fraction of sp³-hybridized carbons (Fsp3) is 0.562.